The van der Waals surface area contributed by atoms with Gasteiger partial charge >= 0.3 is 0 Å². The third-order valence-electron chi connectivity index (χ3n) is 1.52. The molecule has 3 heteroatoms. The lowest BCUT2D eigenvalue weighted by molar-refractivity contribution is 0.451. The van der Waals surface area contributed by atoms with Crippen molar-refractivity contribution in [3.05, 3.63) is 28.8 Å². The van der Waals surface area contributed by atoms with Gasteiger partial charge in [0.2, 0.25) is 0 Å². The highest BCUT2D eigenvalue weighted by Gasteiger charge is 2.03. The van der Waals surface area contributed by atoms with E-state index in [2.05, 4.69) is 5.18 Å². The molecule has 1 aliphatic heterocycles. The van der Waals surface area contributed by atoms with Gasteiger partial charge in [0, 0.05) is 19.3 Å². The molecule has 0 N–H and O–H groups in total. The van der Waals surface area contributed by atoms with Gasteiger partial charge in [-0.1, -0.05) is 17.3 Å². The largest absolute Gasteiger partial charge is 0.373 e. The van der Waals surface area contributed by atoms with Gasteiger partial charge in [0.15, 0.2) is 0 Å². The molecule has 0 aromatic rings. The topological polar surface area (TPSA) is 32.7 Å². The summed E-state index contributed by atoms with van der Waals surface area (Å²) in [4.78, 5) is 11.9. The second kappa shape index (κ2) is 3.15. The van der Waals surface area contributed by atoms with Gasteiger partial charge in [-0.15, -0.1) is 0 Å². The molecule has 1 aliphatic rings. The minimum Gasteiger partial charge on any atom is -0.373 e. The first-order chi connectivity index (χ1) is 4.84. The van der Waals surface area contributed by atoms with Gasteiger partial charge in [0.25, 0.3) is 0 Å². The summed E-state index contributed by atoms with van der Waals surface area (Å²) in [6, 6.07) is 0. The molecule has 0 fully saturated rings. The molecule has 0 unspecified atom stereocenters. The average molecular weight is 138 g/mol. The maximum Gasteiger partial charge on any atom is 0.121 e. The molecule has 3 nitrogen and oxygen atoms in total. The number of nitrogens with zero attached hydrogens (tertiary/aromatic N) is 2. The van der Waals surface area contributed by atoms with Crippen molar-refractivity contribution >= 4 is 0 Å². The van der Waals surface area contributed by atoms with Crippen molar-refractivity contribution < 1.29 is 0 Å². The predicted molar refractivity (Wildman–Crippen MR) is 40.5 cm³/mol. The van der Waals surface area contributed by atoms with E-state index in [-0.39, 0.29) is 6.54 Å². The Labute approximate surface area is 60.0 Å². The smallest absolute Gasteiger partial charge is 0.121 e. The van der Waals surface area contributed by atoms with E-state index in [9.17, 15) is 4.91 Å². The third-order valence-corrected chi connectivity index (χ3v) is 1.52. The molecule has 0 atom stereocenters. The van der Waals surface area contributed by atoms with E-state index in [4.69, 9.17) is 0 Å². The first kappa shape index (κ1) is 6.99. The van der Waals surface area contributed by atoms with Gasteiger partial charge in [0.05, 0.1) is 0 Å². The summed E-state index contributed by atoms with van der Waals surface area (Å²) >= 11 is 0. The minimum atomic E-state index is 0.279. The zero-order valence-electron chi connectivity index (χ0n) is 5.95. The van der Waals surface area contributed by atoms with Gasteiger partial charge in [-0.25, -0.2) is 0 Å². The first-order valence-corrected chi connectivity index (χ1v) is 3.20. The molecule has 10 heavy (non-hydrogen) atoms. The number of hydrogen-bond donors (Lipinski definition) is 0. The van der Waals surface area contributed by atoms with Crippen LogP contribution in [0.1, 0.15) is 0 Å². The molecule has 0 bridgehead atoms. The van der Waals surface area contributed by atoms with Crippen LogP contribution >= 0.6 is 0 Å². The van der Waals surface area contributed by atoms with Gasteiger partial charge in [-0.2, -0.15) is 4.91 Å². The molecule has 0 spiro atoms. The van der Waals surface area contributed by atoms with Gasteiger partial charge in [0.1, 0.15) is 6.54 Å². The highest BCUT2D eigenvalue weighted by atomic mass is 16.3. The van der Waals surface area contributed by atoms with Crippen LogP contribution in [0.2, 0.25) is 0 Å². The molecule has 0 aliphatic carbocycles. The van der Waals surface area contributed by atoms with Gasteiger partial charge < -0.3 is 4.90 Å². The number of nitroso groups, excluding NO2 is 1. The maximum absolute atomic E-state index is 9.88. The zero-order chi connectivity index (χ0) is 7.40. The highest BCUT2D eigenvalue weighted by molar-refractivity contribution is 5.18. The van der Waals surface area contributed by atoms with E-state index >= 15 is 0 Å². The molecule has 0 saturated carbocycles. The summed E-state index contributed by atoms with van der Waals surface area (Å²) in [5, 5.41) is 2.82. The Morgan fingerprint density at radius 1 is 1.80 bits per heavy atom. The second-order valence-electron chi connectivity index (χ2n) is 2.25. The lowest BCUT2D eigenvalue weighted by Gasteiger charge is -2.20. The average Bonchev–Trinajstić information content (AvgIpc) is 1.94. The van der Waals surface area contributed by atoms with E-state index in [0.717, 1.165) is 12.2 Å². The van der Waals surface area contributed by atoms with Gasteiger partial charge in [-0.05, 0) is 6.08 Å². The summed E-state index contributed by atoms with van der Waals surface area (Å²) in [5.74, 6) is 0. The minimum absolute atomic E-state index is 0.279. The summed E-state index contributed by atoms with van der Waals surface area (Å²) < 4.78 is 0. The van der Waals surface area contributed by atoms with Crippen LogP contribution < -0.4 is 0 Å². The summed E-state index contributed by atoms with van der Waals surface area (Å²) in [6.07, 6.45) is 5.89. The first-order valence-electron chi connectivity index (χ1n) is 3.20. The van der Waals surface area contributed by atoms with Crippen LogP contribution in [0.5, 0.6) is 0 Å². The Hall–Kier alpha value is -1.12. The predicted octanol–water partition coefficient (Wildman–Crippen LogP) is 1.14. The molecule has 0 aromatic carbocycles. The molecule has 0 saturated heterocycles. The van der Waals surface area contributed by atoms with Crippen molar-refractivity contribution in [3.8, 4) is 0 Å². The Morgan fingerprint density at radius 3 is 3.20 bits per heavy atom. The van der Waals surface area contributed by atoms with Crippen LogP contribution in [-0.2, 0) is 0 Å². The van der Waals surface area contributed by atoms with Crippen molar-refractivity contribution in [2.24, 2.45) is 5.18 Å². The Bertz CT molecular complexity index is 184. The Morgan fingerprint density at radius 2 is 2.60 bits per heavy atom. The van der Waals surface area contributed by atoms with Crippen LogP contribution in [0, 0.1) is 4.91 Å². The van der Waals surface area contributed by atoms with Crippen LogP contribution in [0.4, 0.5) is 0 Å². The van der Waals surface area contributed by atoms with Crippen molar-refractivity contribution in [2.45, 2.75) is 0 Å². The van der Waals surface area contributed by atoms with Crippen LogP contribution in [0.15, 0.2) is 29.1 Å². The molecule has 1 rings (SSSR count). The lowest BCUT2D eigenvalue weighted by atomic mass is 10.2. The Kier molecular flexibility index (Phi) is 2.20. The molecule has 54 valence electrons. The SMILES string of the molecule is CN1CC=CC=C1CN=O. The van der Waals surface area contributed by atoms with Gasteiger partial charge in [-0.3, -0.25) is 0 Å². The van der Waals surface area contributed by atoms with E-state index in [1.165, 1.54) is 0 Å². The number of rotatable bonds is 2. The van der Waals surface area contributed by atoms with E-state index in [0.29, 0.717) is 0 Å². The summed E-state index contributed by atoms with van der Waals surface area (Å²) in [5.41, 5.74) is 0.984. The number of hydrogen-bond acceptors (Lipinski definition) is 3. The normalized spacial score (nSPS) is 16.9. The van der Waals surface area contributed by atoms with Crippen molar-refractivity contribution in [1.29, 1.82) is 0 Å². The fraction of sp³-hybridized carbons (Fsp3) is 0.429. The molecule has 0 amide bonds. The molecule has 0 radical (unpaired) electrons. The van der Waals surface area contributed by atoms with E-state index < -0.39 is 0 Å². The van der Waals surface area contributed by atoms with E-state index in [1.54, 1.807) is 0 Å². The van der Waals surface area contributed by atoms with Crippen molar-refractivity contribution in [1.82, 2.24) is 4.90 Å². The van der Waals surface area contributed by atoms with Crippen LogP contribution in [0.25, 0.3) is 0 Å². The van der Waals surface area contributed by atoms with Crippen molar-refractivity contribution in [3.63, 3.8) is 0 Å². The Balaban J connectivity index is 2.60. The number of allylic oxidation sites excluding steroid dienone is 2. The summed E-state index contributed by atoms with van der Waals surface area (Å²) in [7, 11) is 1.94. The molecule has 0 aromatic heterocycles. The third kappa shape index (κ3) is 1.43. The zero-order valence-corrected chi connectivity index (χ0v) is 5.95. The van der Waals surface area contributed by atoms with Crippen LogP contribution in [0.3, 0.4) is 0 Å². The fourth-order valence-electron chi connectivity index (χ4n) is 0.882. The quantitative estimate of drug-likeness (QED) is 0.536. The monoisotopic (exact) mass is 138 g/mol. The highest BCUT2D eigenvalue weighted by Crippen LogP contribution is 2.06. The van der Waals surface area contributed by atoms with Crippen molar-refractivity contribution in [2.75, 3.05) is 20.1 Å². The van der Waals surface area contributed by atoms with E-state index in [1.807, 2.05) is 30.2 Å². The molecular formula is C7H10N2O. The summed E-state index contributed by atoms with van der Waals surface area (Å²) in [6.45, 7) is 1.15. The maximum atomic E-state index is 9.88. The lowest BCUT2D eigenvalue weighted by Crippen LogP contribution is -2.21. The molecular weight excluding hydrogens is 128 g/mol. The fourth-order valence-corrected chi connectivity index (χ4v) is 0.882. The molecule has 1 heterocycles. The number of likely N-dealkylation sites (N-methyl/N-ethyl adjacent to an activating group) is 1. The standard InChI is InChI=1S/C7H10N2O/c1-9-5-3-2-4-7(9)6-8-10/h2-4H,5-6H2,1H3. The van der Waals surface area contributed by atoms with Crippen LogP contribution in [-0.4, -0.2) is 25.0 Å². The second-order valence-corrected chi connectivity index (χ2v) is 2.25.